The van der Waals surface area contributed by atoms with Gasteiger partial charge < -0.3 is 16.3 Å². The number of nitrogens with one attached hydrogen (secondary N) is 1. The lowest BCUT2D eigenvalue weighted by atomic mass is 10.0. The molecule has 7 nitrogen and oxygen atoms in total. The van der Waals surface area contributed by atoms with Gasteiger partial charge in [-0.1, -0.05) is 54.6 Å². The van der Waals surface area contributed by atoms with Crippen molar-refractivity contribution in [1.29, 1.82) is 0 Å². The number of hydroxylamine groups is 1. The van der Waals surface area contributed by atoms with Gasteiger partial charge in [0.05, 0.1) is 12.5 Å². The van der Waals surface area contributed by atoms with Crippen LogP contribution in [0.3, 0.4) is 0 Å². The average molecular weight is 468 g/mol. The van der Waals surface area contributed by atoms with Gasteiger partial charge in [-0.25, -0.2) is 4.79 Å². The lowest BCUT2D eigenvalue weighted by molar-refractivity contribution is -0.158. The van der Waals surface area contributed by atoms with Gasteiger partial charge >= 0.3 is 5.97 Å². The van der Waals surface area contributed by atoms with Crippen LogP contribution >= 0.6 is 0 Å². The van der Waals surface area contributed by atoms with Gasteiger partial charge in [0.25, 0.3) is 5.91 Å². The molecule has 0 saturated heterocycles. The summed E-state index contributed by atoms with van der Waals surface area (Å²) in [4.78, 5) is 40.5. The normalized spacial score (nSPS) is 11.6. The molecule has 5 N–H and O–H groups in total. The van der Waals surface area contributed by atoms with Crippen molar-refractivity contribution in [3.63, 3.8) is 0 Å². The summed E-state index contributed by atoms with van der Waals surface area (Å²) in [6, 6.07) is 17.8. The Kier molecular flexibility index (Phi) is 12.6. The highest BCUT2D eigenvalue weighted by atomic mass is 16.7. The lowest BCUT2D eigenvalue weighted by Crippen LogP contribution is -2.31. The van der Waals surface area contributed by atoms with Crippen molar-refractivity contribution >= 4 is 17.7 Å². The number of ketones is 1. The molecule has 0 unspecified atom stereocenters. The second-order valence-electron chi connectivity index (χ2n) is 8.54. The molecule has 0 aliphatic heterocycles. The smallest absolute Gasteiger partial charge is 0.332 e. The maximum Gasteiger partial charge on any atom is 0.332 e. The molecule has 0 heterocycles. The third kappa shape index (κ3) is 11.2. The zero-order chi connectivity index (χ0) is 24.6. The predicted octanol–water partition coefficient (Wildman–Crippen LogP) is 3.17. The van der Waals surface area contributed by atoms with Gasteiger partial charge in [-0.2, -0.15) is 5.48 Å². The number of Topliss-reactive ketones (excluding diaryl/α,β-unsaturated/α-hetero) is 1. The number of aryl methyl sites for hydroxylation is 2. The SMILES string of the molecule is NCCC[C@H](N)C(=O)CCCC(=O)ONC(=O)Cc1ccc(CCCCc2ccccc2)cc1. The van der Waals surface area contributed by atoms with E-state index in [9.17, 15) is 14.4 Å². The van der Waals surface area contributed by atoms with Gasteiger partial charge in [-0.05, 0) is 68.2 Å². The van der Waals surface area contributed by atoms with E-state index in [-0.39, 0.29) is 25.0 Å². The summed E-state index contributed by atoms with van der Waals surface area (Å²) < 4.78 is 0. The Labute approximate surface area is 202 Å². The average Bonchev–Trinajstić information content (AvgIpc) is 2.85. The lowest BCUT2D eigenvalue weighted by Gasteiger charge is -2.09. The second kappa shape index (κ2) is 15.7. The van der Waals surface area contributed by atoms with Crippen molar-refractivity contribution in [2.45, 2.75) is 70.3 Å². The Morgan fingerprint density at radius 1 is 0.794 bits per heavy atom. The van der Waals surface area contributed by atoms with Crippen LogP contribution in [0.4, 0.5) is 0 Å². The van der Waals surface area contributed by atoms with Crippen LogP contribution in [0.5, 0.6) is 0 Å². The fraction of sp³-hybridized carbons (Fsp3) is 0.444. The first-order valence-electron chi connectivity index (χ1n) is 12.1. The zero-order valence-corrected chi connectivity index (χ0v) is 19.8. The molecule has 0 aliphatic carbocycles. The number of hydrogen-bond acceptors (Lipinski definition) is 6. The van der Waals surface area contributed by atoms with E-state index in [1.807, 2.05) is 30.3 Å². The fourth-order valence-electron chi connectivity index (χ4n) is 3.60. The Morgan fingerprint density at radius 3 is 2.06 bits per heavy atom. The van der Waals surface area contributed by atoms with Crippen LogP contribution in [0.1, 0.15) is 61.6 Å². The van der Waals surface area contributed by atoms with Crippen molar-refractivity contribution in [2.75, 3.05) is 6.54 Å². The summed E-state index contributed by atoms with van der Waals surface area (Å²) in [7, 11) is 0. The first-order chi connectivity index (χ1) is 16.5. The van der Waals surface area contributed by atoms with E-state index in [1.54, 1.807) is 0 Å². The second-order valence-corrected chi connectivity index (χ2v) is 8.54. The molecule has 0 saturated carbocycles. The van der Waals surface area contributed by atoms with E-state index in [0.717, 1.165) is 31.2 Å². The molecule has 184 valence electrons. The highest BCUT2D eigenvalue weighted by molar-refractivity contribution is 5.84. The molecular formula is C27H37N3O4. The van der Waals surface area contributed by atoms with Crippen LogP contribution in [0, 0.1) is 0 Å². The minimum absolute atomic E-state index is 0.0363. The number of nitrogens with two attached hydrogens (primary N) is 2. The van der Waals surface area contributed by atoms with E-state index >= 15 is 0 Å². The summed E-state index contributed by atoms with van der Waals surface area (Å²) >= 11 is 0. The molecule has 34 heavy (non-hydrogen) atoms. The summed E-state index contributed by atoms with van der Waals surface area (Å²) in [6.07, 6.45) is 6.25. The molecule has 2 aromatic rings. The molecule has 2 rings (SSSR count). The Morgan fingerprint density at radius 2 is 1.41 bits per heavy atom. The van der Waals surface area contributed by atoms with Crippen molar-refractivity contribution in [3.05, 3.63) is 71.3 Å². The third-order valence-corrected chi connectivity index (χ3v) is 5.63. The van der Waals surface area contributed by atoms with Crippen LogP contribution in [0.25, 0.3) is 0 Å². The molecule has 2 aromatic carbocycles. The Balaban J connectivity index is 1.58. The molecule has 1 atom stereocenters. The molecular weight excluding hydrogens is 430 g/mol. The highest BCUT2D eigenvalue weighted by Gasteiger charge is 2.14. The Hall–Kier alpha value is -3.03. The number of benzene rings is 2. The van der Waals surface area contributed by atoms with Gasteiger partial charge in [0.1, 0.15) is 5.78 Å². The summed E-state index contributed by atoms with van der Waals surface area (Å²) in [6.45, 7) is 0.492. The molecule has 0 aliphatic rings. The molecule has 0 spiro atoms. The monoisotopic (exact) mass is 467 g/mol. The van der Waals surface area contributed by atoms with Gasteiger partial charge in [-0.15, -0.1) is 0 Å². The maximum absolute atomic E-state index is 12.0. The van der Waals surface area contributed by atoms with Crippen LogP contribution in [-0.2, 0) is 38.5 Å². The number of carbonyl (C=O) groups is 3. The summed E-state index contributed by atoms with van der Waals surface area (Å²) in [5.41, 5.74) is 16.8. The van der Waals surface area contributed by atoms with E-state index < -0.39 is 17.9 Å². The van der Waals surface area contributed by atoms with Crippen LogP contribution in [0.2, 0.25) is 0 Å². The van der Waals surface area contributed by atoms with Crippen molar-refractivity contribution in [2.24, 2.45) is 11.5 Å². The van der Waals surface area contributed by atoms with Crippen LogP contribution in [-0.4, -0.2) is 30.2 Å². The number of carbonyl (C=O) groups excluding carboxylic acids is 3. The van der Waals surface area contributed by atoms with Crippen molar-refractivity contribution < 1.29 is 19.2 Å². The predicted molar refractivity (Wildman–Crippen MR) is 133 cm³/mol. The highest BCUT2D eigenvalue weighted by Crippen LogP contribution is 2.11. The summed E-state index contributed by atoms with van der Waals surface area (Å²) in [5.74, 6) is -1.07. The van der Waals surface area contributed by atoms with Crippen LogP contribution in [0.15, 0.2) is 54.6 Å². The van der Waals surface area contributed by atoms with Gasteiger partial charge in [0, 0.05) is 12.8 Å². The molecule has 0 radical (unpaired) electrons. The molecule has 0 fully saturated rings. The van der Waals surface area contributed by atoms with E-state index in [1.165, 1.54) is 11.1 Å². The zero-order valence-electron chi connectivity index (χ0n) is 19.8. The van der Waals surface area contributed by atoms with E-state index in [0.29, 0.717) is 25.8 Å². The molecule has 7 heteroatoms. The number of unbranched alkanes of at least 4 members (excludes halogenated alkanes) is 1. The standard InChI is InChI=1S/C27H37N3O4/c28-19-7-12-24(29)25(31)13-6-14-27(33)34-30-26(32)20-23-17-15-22(16-18-23)11-5-4-10-21-8-2-1-3-9-21/h1-3,8-9,15-18,24H,4-7,10-14,19-20,28-29H2,(H,30,32)/t24-/m0/s1. The quantitative estimate of drug-likeness (QED) is 0.273. The minimum atomic E-state index is -0.581. The first-order valence-corrected chi connectivity index (χ1v) is 12.1. The topological polar surface area (TPSA) is 125 Å². The fourth-order valence-corrected chi connectivity index (χ4v) is 3.60. The molecule has 1 amide bonds. The van der Waals surface area contributed by atoms with Gasteiger partial charge in [0.15, 0.2) is 0 Å². The Bertz CT molecular complexity index is 885. The summed E-state index contributed by atoms with van der Waals surface area (Å²) in [5, 5.41) is 0. The minimum Gasteiger partial charge on any atom is -0.341 e. The van der Waals surface area contributed by atoms with Crippen molar-refractivity contribution in [1.82, 2.24) is 5.48 Å². The van der Waals surface area contributed by atoms with Gasteiger partial charge in [0.2, 0.25) is 0 Å². The van der Waals surface area contributed by atoms with Gasteiger partial charge in [-0.3, -0.25) is 9.59 Å². The van der Waals surface area contributed by atoms with E-state index in [2.05, 4.69) is 29.7 Å². The largest absolute Gasteiger partial charge is 0.341 e. The maximum atomic E-state index is 12.0. The van der Waals surface area contributed by atoms with E-state index in [4.69, 9.17) is 16.3 Å². The number of rotatable bonds is 15. The molecule has 0 aromatic heterocycles. The first kappa shape index (κ1) is 27.2. The number of hydrogen-bond donors (Lipinski definition) is 3. The van der Waals surface area contributed by atoms with Crippen LogP contribution < -0.4 is 16.9 Å². The third-order valence-electron chi connectivity index (χ3n) is 5.63. The van der Waals surface area contributed by atoms with Crippen molar-refractivity contribution in [3.8, 4) is 0 Å². The molecule has 0 bridgehead atoms. The number of amides is 1.